The van der Waals surface area contributed by atoms with E-state index in [-0.39, 0.29) is 24.8 Å². The Morgan fingerprint density at radius 2 is 2.14 bits per heavy atom. The number of carbonyl (C=O) groups excluding carboxylic acids is 1. The molecular weight excluding hydrogens is 292 g/mol. The van der Waals surface area contributed by atoms with Crippen LogP contribution in [0.4, 0.5) is 0 Å². The van der Waals surface area contributed by atoms with Crippen molar-refractivity contribution in [2.24, 2.45) is 5.92 Å². The first-order valence-corrected chi connectivity index (χ1v) is 8.75. The Hall–Kier alpha value is -1.60. The number of hydrogen-bond acceptors (Lipinski definition) is 4. The van der Waals surface area contributed by atoms with Crippen LogP contribution >= 0.6 is 0 Å². The van der Waals surface area contributed by atoms with Crippen LogP contribution in [0.3, 0.4) is 0 Å². The number of nitrogens with one attached hydrogen (secondary N) is 2. The highest BCUT2D eigenvalue weighted by molar-refractivity contribution is 7.88. The van der Waals surface area contributed by atoms with Gasteiger partial charge in [-0.05, 0) is 18.1 Å². The van der Waals surface area contributed by atoms with Gasteiger partial charge in [0.15, 0.2) is 0 Å². The van der Waals surface area contributed by atoms with E-state index in [0.29, 0.717) is 13.2 Å². The van der Waals surface area contributed by atoms with Crippen LogP contribution in [0, 0.1) is 5.92 Å². The van der Waals surface area contributed by atoms with E-state index in [1.54, 1.807) is 0 Å². The second kappa shape index (κ2) is 6.91. The van der Waals surface area contributed by atoms with Gasteiger partial charge in [0.05, 0.1) is 12.9 Å². The Kier molecular flexibility index (Phi) is 5.19. The summed E-state index contributed by atoms with van der Waals surface area (Å²) < 4.78 is 29.7. The first kappa shape index (κ1) is 15.8. The molecule has 0 bridgehead atoms. The number of para-hydroxylation sites is 1. The number of ether oxygens (including phenoxy) is 1. The lowest BCUT2D eigenvalue weighted by Crippen LogP contribution is -2.36. The zero-order chi connectivity index (χ0) is 15.3. The molecule has 1 amide bonds. The lowest BCUT2D eigenvalue weighted by atomic mass is 9.97. The molecule has 2 N–H and O–H groups in total. The largest absolute Gasteiger partial charge is 0.493 e. The number of fused-ring (bicyclic) bond motifs is 1. The molecule has 1 aliphatic heterocycles. The summed E-state index contributed by atoms with van der Waals surface area (Å²) in [6.07, 6.45) is 2.08. The third-order valence-electron chi connectivity index (χ3n) is 3.26. The molecule has 1 aliphatic rings. The highest BCUT2D eigenvalue weighted by atomic mass is 32.2. The minimum absolute atomic E-state index is 0.120. The summed E-state index contributed by atoms with van der Waals surface area (Å²) in [5.41, 5.74) is 1.15. The molecule has 6 nitrogen and oxygen atoms in total. The van der Waals surface area contributed by atoms with Gasteiger partial charge in [0.2, 0.25) is 15.9 Å². The minimum atomic E-state index is -3.24. The van der Waals surface area contributed by atoms with Crippen LogP contribution in [0.25, 0.3) is 0 Å². The van der Waals surface area contributed by atoms with Gasteiger partial charge in [0, 0.05) is 25.4 Å². The number of hydrogen-bond donors (Lipinski definition) is 2. The molecule has 0 saturated heterocycles. The molecule has 2 rings (SSSR count). The standard InChI is InChI=1S/C14H20N2O4S/c1-21(18,19)16-7-6-14(17)15-9-11-8-12-4-2-3-5-13(12)20-10-11/h2-5,11,16H,6-10H2,1H3,(H,15,17)/t11-/m0/s1. The molecule has 0 spiro atoms. The van der Waals surface area contributed by atoms with Crippen molar-refractivity contribution in [1.29, 1.82) is 0 Å². The molecule has 0 fully saturated rings. The van der Waals surface area contributed by atoms with Crippen LogP contribution in [0.15, 0.2) is 24.3 Å². The molecule has 1 heterocycles. The number of sulfonamides is 1. The van der Waals surface area contributed by atoms with Gasteiger partial charge in [-0.15, -0.1) is 0 Å². The SMILES string of the molecule is CS(=O)(=O)NCCC(=O)NC[C@H]1COc2ccccc2C1. The highest BCUT2D eigenvalue weighted by Crippen LogP contribution is 2.26. The average Bonchev–Trinajstić information content (AvgIpc) is 2.43. The van der Waals surface area contributed by atoms with Gasteiger partial charge in [-0.2, -0.15) is 0 Å². The number of carbonyl (C=O) groups is 1. The lowest BCUT2D eigenvalue weighted by Gasteiger charge is -2.25. The summed E-state index contributed by atoms with van der Waals surface area (Å²) in [6, 6.07) is 7.88. The Labute approximate surface area is 124 Å². The fourth-order valence-electron chi connectivity index (χ4n) is 2.22. The molecule has 21 heavy (non-hydrogen) atoms. The Balaban J connectivity index is 1.71. The van der Waals surface area contributed by atoms with Crippen LogP contribution in [0.1, 0.15) is 12.0 Å². The van der Waals surface area contributed by atoms with Crippen LogP contribution < -0.4 is 14.8 Å². The van der Waals surface area contributed by atoms with Gasteiger partial charge in [0.1, 0.15) is 5.75 Å². The molecular formula is C14H20N2O4S. The van der Waals surface area contributed by atoms with E-state index in [1.165, 1.54) is 0 Å². The molecule has 7 heteroatoms. The molecule has 0 unspecified atom stereocenters. The van der Waals surface area contributed by atoms with E-state index in [0.717, 1.165) is 24.0 Å². The normalized spacial score (nSPS) is 17.7. The summed E-state index contributed by atoms with van der Waals surface area (Å²) in [4.78, 5) is 11.6. The third kappa shape index (κ3) is 5.35. The zero-order valence-corrected chi connectivity index (χ0v) is 12.8. The second-order valence-corrected chi connectivity index (χ2v) is 7.04. The summed E-state index contributed by atoms with van der Waals surface area (Å²) >= 11 is 0. The molecule has 1 aromatic carbocycles. The van der Waals surface area contributed by atoms with Crippen LogP contribution in [-0.2, 0) is 21.2 Å². The lowest BCUT2D eigenvalue weighted by molar-refractivity contribution is -0.121. The van der Waals surface area contributed by atoms with Crippen LogP contribution in [0.5, 0.6) is 5.75 Å². The van der Waals surface area contributed by atoms with E-state index in [9.17, 15) is 13.2 Å². The summed E-state index contributed by atoms with van der Waals surface area (Å²) in [6.45, 7) is 1.24. The molecule has 1 aromatic rings. The van der Waals surface area contributed by atoms with Crippen molar-refractivity contribution in [3.05, 3.63) is 29.8 Å². The number of benzene rings is 1. The van der Waals surface area contributed by atoms with E-state index in [1.807, 2.05) is 24.3 Å². The third-order valence-corrected chi connectivity index (χ3v) is 3.99. The van der Waals surface area contributed by atoms with Crippen molar-refractivity contribution in [1.82, 2.24) is 10.0 Å². The number of rotatable bonds is 6. The quantitative estimate of drug-likeness (QED) is 0.791. The second-order valence-electron chi connectivity index (χ2n) is 5.21. The Morgan fingerprint density at radius 3 is 2.90 bits per heavy atom. The molecule has 0 saturated carbocycles. The fourth-order valence-corrected chi connectivity index (χ4v) is 2.69. The van der Waals surface area contributed by atoms with Gasteiger partial charge in [0.25, 0.3) is 0 Å². The van der Waals surface area contributed by atoms with Gasteiger partial charge >= 0.3 is 0 Å². The van der Waals surface area contributed by atoms with Crippen molar-refractivity contribution in [3.8, 4) is 5.75 Å². The van der Waals surface area contributed by atoms with E-state index in [4.69, 9.17) is 4.74 Å². The van der Waals surface area contributed by atoms with Crippen molar-refractivity contribution in [3.63, 3.8) is 0 Å². The summed E-state index contributed by atoms with van der Waals surface area (Å²) in [5.74, 6) is 0.995. The first-order valence-electron chi connectivity index (χ1n) is 6.86. The number of amides is 1. The molecule has 116 valence electrons. The predicted octanol–water partition coefficient (Wildman–Crippen LogP) is 0.293. The topological polar surface area (TPSA) is 84.5 Å². The maximum atomic E-state index is 11.6. The maximum absolute atomic E-state index is 11.6. The van der Waals surface area contributed by atoms with E-state index in [2.05, 4.69) is 10.0 Å². The fraction of sp³-hybridized carbons (Fsp3) is 0.500. The van der Waals surface area contributed by atoms with E-state index < -0.39 is 10.0 Å². The van der Waals surface area contributed by atoms with Crippen molar-refractivity contribution in [2.75, 3.05) is 26.0 Å². The molecule has 0 radical (unpaired) electrons. The van der Waals surface area contributed by atoms with E-state index >= 15 is 0 Å². The van der Waals surface area contributed by atoms with Crippen molar-refractivity contribution < 1.29 is 17.9 Å². The van der Waals surface area contributed by atoms with Gasteiger partial charge in [-0.3, -0.25) is 4.79 Å². The zero-order valence-electron chi connectivity index (χ0n) is 12.0. The average molecular weight is 312 g/mol. The van der Waals surface area contributed by atoms with Gasteiger partial charge in [-0.25, -0.2) is 13.1 Å². The first-order chi connectivity index (χ1) is 9.94. The smallest absolute Gasteiger partial charge is 0.221 e. The van der Waals surface area contributed by atoms with Crippen molar-refractivity contribution >= 4 is 15.9 Å². The van der Waals surface area contributed by atoms with Crippen LogP contribution in [-0.4, -0.2) is 40.3 Å². The maximum Gasteiger partial charge on any atom is 0.221 e. The van der Waals surface area contributed by atoms with Crippen molar-refractivity contribution in [2.45, 2.75) is 12.8 Å². The molecule has 1 atom stereocenters. The Bertz CT molecular complexity index is 601. The predicted molar refractivity (Wildman–Crippen MR) is 79.6 cm³/mol. The summed E-state index contributed by atoms with van der Waals surface area (Å²) in [5, 5.41) is 2.82. The van der Waals surface area contributed by atoms with Crippen LogP contribution in [0.2, 0.25) is 0 Å². The Morgan fingerprint density at radius 1 is 1.38 bits per heavy atom. The molecule has 0 aromatic heterocycles. The monoisotopic (exact) mass is 312 g/mol. The highest BCUT2D eigenvalue weighted by Gasteiger charge is 2.19. The van der Waals surface area contributed by atoms with Gasteiger partial charge < -0.3 is 10.1 Å². The van der Waals surface area contributed by atoms with Gasteiger partial charge in [-0.1, -0.05) is 18.2 Å². The summed E-state index contributed by atoms with van der Waals surface area (Å²) in [7, 11) is -3.24. The molecule has 0 aliphatic carbocycles. The minimum Gasteiger partial charge on any atom is -0.493 e.